The number of rotatable bonds is 2. The number of fused-ring (bicyclic) bond motifs is 1. The van der Waals surface area contributed by atoms with E-state index in [4.69, 9.17) is 5.11 Å². The number of hydrogen-bond donors (Lipinski definition) is 1. The molecule has 4 heteroatoms. The van der Waals surface area contributed by atoms with Crippen molar-refractivity contribution < 1.29 is 9.90 Å². The van der Waals surface area contributed by atoms with Gasteiger partial charge in [-0.05, 0) is 25.5 Å². The van der Waals surface area contributed by atoms with Crippen molar-refractivity contribution in [2.24, 2.45) is 0 Å². The fourth-order valence-corrected chi connectivity index (χ4v) is 3.78. The summed E-state index contributed by atoms with van der Waals surface area (Å²) in [6, 6.07) is 6.44. The predicted molar refractivity (Wildman–Crippen MR) is 70.9 cm³/mol. The van der Waals surface area contributed by atoms with Crippen molar-refractivity contribution in [3.63, 3.8) is 0 Å². The van der Waals surface area contributed by atoms with E-state index in [1.54, 1.807) is 11.8 Å². The van der Waals surface area contributed by atoms with Crippen molar-refractivity contribution in [1.82, 2.24) is 0 Å². The topological polar surface area (TPSA) is 40.5 Å². The van der Waals surface area contributed by atoms with E-state index in [0.29, 0.717) is 0 Å². The Morgan fingerprint density at radius 2 is 2.24 bits per heavy atom. The molecule has 1 aromatic rings. The van der Waals surface area contributed by atoms with Crippen LogP contribution in [0.3, 0.4) is 0 Å². The Morgan fingerprint density at radius 1 is 1.53 bits per heavy atom. The zero-order valence-electron chi connectivity index (χ0n) is 10.3. The summed E-state index contributed by atoms with van der Waals surface area (Å²) < 4.78 is 0. The molecule has 0 spiro atoms. The minimum atomic E-state index is -0.723. The van der Waals surface area contributed by atoms with Crippen molar-refractivity contribution in [2.75, 3.05) is 11.9 Å². The molecule has 1 aliphatic heterocycles. The molecule has 1 aliphatic rings. The molecule has 0 fully saturated rings. The van der Waals surface area contributed by atoms with Crippen molar-refractivity contribution in [3.05, 3.63) is 23.8 Å². The molecule has 0 bridgehead atoms. The lowest BCUT2D eigenvalue weighted by molar-refractivity contribution is -0.137. The van der Waals surface area contributed by atoms with Crippen LogP contribution < -0.4 is 4.90 Å². The van der Waals surface area contributed by atoms with E-state index in [1.807, 2.05) is 13.1 Å². The van der Waals surface area contributed by atoms with Crippen LogP contribution in [0.25, 0.3) is 0 Å². The molecule has 0 aliphatic carbocycles. The Labute approximate surface area is 106 Å². The third-order valence-electron chi connectivity index (χ3n) is 3.36. The maximum absolute atomic E-state index is 10.9. The van der Waals surface area contributed by atoms with Gasteiger partial charge < -0.3 is 10.0 Å². The highest BCUT2D eigenvalue weighted by Gasteiger charge is 2.31. The summed E-state index contributed by atoms with van der Waals surface area (Å²) in [5.74, 6) is -0.723. The quantitative estimate of drug-likeness (QED) is 0.877. The number of benzene rings is 1. The van der Waals surface area contributed by atoms with Gasteiger partial charge in [-0.15, -0.1) is 11.8 Å². The van der Waals surface area contributed by atoms with E-state index in [0.717, 1.165) is 0 Å². The van der Waals surface area contributed by atoms with Crippen molar-refractivity contribution >= 4 is 23.4 Å². The molecule has 0 aromatic heterocycles. The van der Waals surface area contributed by atoms with Gasteiger partial charge in [0.2, 0.25) is 0 Å². The van der Waals surface area contributed by atoms with Crippen LogP contribution in [0.4, 0.5) is 5.69 Å². The largest absolute Gasteiger partial charge is 0.481 e. The molecule has 2 atom stereocenters. The third-order valence-corrected chi connectivity index (χ3v) is 4.80. The Hall–Kier alpha value is -1.16. The van der Waals surface area contributed by atoms with E-state index >= 15 is 0 Å². The van der Waals surface area contributed by atoms with E-state index in [9.17, 15) is 4.79 Å². The average Bonchev–Trinajstić information content (AvgIpc) is 2.24. The van der Waals surface area contributed by atoms with Crippen LogP contribution in [0.15, 0.2) is 23.1 Å². The fraction of sp³-hybridized carbons (Fsp3) is 0.462. The van der Waals surface area contributed by atoms with Gasteiger partial charge in [0, 0.05) is 23.2 Å². The van der Waals surface area contributed by atoms with E-state index in [2.05, 4.69) is 30.9 Å². The Bertz CT molecular complexity index is 447. The standard InChI is InChI=1S/C13H17NO2S/c1-8-5-4-6-10-13(8)14(3)9(2)11(17-10)7-12(15)16/h4-6,9,11H,7H2,1-3H3,(H,15,16). The van der Waals surface area contributed by atoms with Crippen LogP contribution in [0.1, 0.15) is 18.9 Å². The number of hydrogen-bond acceptors (Lipinski definition) is 3. The maximum atomic E-state index is 10.9. The summed E-state index contributed by atoms with van der Waals surface area (Å²) >= 11 is 1.69. The monoisotopic (exact) mass is 251 g/mol. The average molecular weight is 251 g/mol. The number of carboxylic acid groups (broad SMARTS) is 1. The molecule has 1 heterocycles. The number of nitrogens with zero attached hydrogens (tertiary/aromatic N) is 1. The molecular formula is C13H17NO2S. The molecule has 1 aromatic carbocycles. The van der Waals surface area contributed by atoms with Gasteiger partial charge in [-0.25, -0.2) is 0 Å². The number of para-hydroxylation sites is 1. The Kier molecular flexibility index (Phi) is 3.33. The van der Waals surface area contributed by atoms with Gasteiger partial charge in [0.15, 0.2) is 0 Å². The maximum Gasteiger partial charge on any atom is 0.304 e. The zero-order chi connectivity index (χ0) is 12.6. The number of carboxylic acids is 1. The van der Waals surface area contributed by atoms with Gasteiger partial charge in [0.1, 0.15) is 0 Å². The second kappa shape index (κ2) is 4.61. The van der Waals surface area contributed by atoms with Gasteiger partial charge in [0.25, 0.3) is 0 Å². The molecule has 2 unspecified atom stereocenters. The molecule has 3 nitrogen and oxygen atoms in total. The normalized spacial score (nSPS) is 23.4. The second-order valence-electron chi connectivity index (χ2n) is 4.53. The molecule has 0 saturated carbocycles. The van der Waals surface area contributed by atoms with Gasteiger partial charge in [-0.1, -0.05) is 12.1 Å². The van der Waals surface area contributed by atoms with Crippen LogP contribution in [-0.2, 0) is 4.79 Å². The lowest BCUT2D eigenvalue weighted by Crippen LogP contribution is -2.41. The highest BCUT2D eigenvalue weighted by molar-refractivity contribution is 8.00. The first-order chi connectivity index (χ1) is 8.00. The molecule has 0 radical (unpaired) electrons. The van der Waals surface area contributed by atoms with Crippen LogP contribution in [0, 0.1) is 6.92 Å². The first-order valence-corrected chi connectivity index (χ1v) is 6.59. The van der Waals surface area contributed by atoms with E-state index in [-0.39, 0.29) is 17.7 Å². The third kappa shape index (κ3) is 2.27. The second-order valence-corrected chi connectivity index (χ2v) is 5.81. The molecule has 0 amide bonds. The van der Waals surface area contributed by atoms with E-state index < -0.39 is 5.97 Å². The molecule has 1 N–H and O–H groups in total. The molecule has 0 saturated heterocycles. The van der Waals surface area contributed by atoms with Gasteiger partial charge in [-0.2, -0.15) is 0 Å². The van der Waals surface area contributed by atoms with Crippen LogP contribution in [-0.4, -0.2) is 29.4 Å². The molecule has 92 valence electrons. The summed E-state index contributed by atoms with van der Waals surface area (Å²) in [5.41, 5.74) is 2.49. The first kappa shape index (κ1) is 12.3. The van der Waals surface area contributed by atoms with Crippen molar-refractivity contribution in [2.45, 2.75) is 36.5 Å². The summed E-state index contributed by atoms with van der Waals surface area (Å²) in [4.78, 5) is 14.3. The van der Waals surface area contributed by atoms with Gasteiger partial charge in [0.05, 0.1) is 12.1 Å². The number of aryl methyl sites for hydroxylation is 1. The fourth-order valence-electron chi connectivity index (χ4n) is 2.28. The highest BCUT2D eigenvalue weighted by atomic mass is 32.2. The smallest absolute Gasteiger partial charge is 0.304 e. The number of carbonyl (C=O) groups is 1. The summed E-state index contributed by atoms with van der Waals surface area (Å²) in [6.07, 6.45) is 0.212. The highest BCUT2D eigenvalue weighted by Crippen LogP contribution is 2.43. The molecular weight excluding hydrogens is 234 g/mol. The SMILES string of the molecule is Cc1cccc2c1N(C)C(C)C(CC(=O)O)S2. The van der Waals surface area contributed by atoms with Crippen molar-refractivity contribution in [1.29, 1.82) is 0 Å². The molecule has 17 heavy (non-hydrogen) atoms. The minimum absolute atomic E-state index is 0.117. The number of thioether (sulfide) groups is 1. The molecule has 2 rings (SSSR count). The minimum Gasteiger partial charge on any atom is -0.481 e. The first-order valence-electron chi connectivity index (χ1n) is 5.71. The summed E-state index contributed by atoms with van der Waals surface area (Å²) in [6.45, 7) is 4.19. The van der Waals surface area contributed by atoms with E-state index in [1.165, 1.54) is 16.1 Å². The van der Waals surface area contributed by atoms with Crippen LogP contribution in [0.5, 0.6) is 0 Å². The summed E-state index contributed by atoms with van der Waals surface area (Å²) in [7, 11) is 2.05. The zero-order valence-corrected chi connectivity index (χ0v) is 11.1. The summed E-state index contributed by atoms with van der Waals surface area (Å²) in [5, 5.41) is 9.06. The van der Waals surface area contributed by atoms with Gasteiger partial charge in [-0.3, -0.25) is 4.79 Å². The van der Waals surface area contributed by atoms with Crippen LogP contribution in [0.2, 0.25) is 0 Å². The number of anilines is 1. The van der Waals surface area contributed by atoms with Crippen molar-refractivity contribution in [3.8, 4) is 0 Å². The Morgan fingerprint density at radius 3 is 2.88 bits per heavy atom. The lowest BCUT2D eigenvalue weighted by atomic mass is 10.1. The predicted octanol–water partition coefficient (Wildman–Crippen LogP) is 2.77. The van der Waals surface area contributed by atoms with Crippen LogP contribution >= 0.6 is 11.8 Å². The Balaban J connectivity index is 2.35. The van der Waals surface area contributed by atoms with Gasteiger partial charge >= 0.3 is 5.97 Å². The lowest BCUT2D eigenvalue weighted by Gasteiger charge is -2.39. The number of aliphatic carboxylic acids is 1.